The smallest absolute Gasteiger partial charge is 0.348 e. The molecular weight excluding hydrogens is 261 g/mol. The molecule has 1 aromatic heterocycles. The molecule has 1 heterocycles. The van der Waals surface area contributed by atoms with Gasteiger partial charge >= 0.3 is 5.97 Å². The Balaban J connectivity index is 2.35. The topological polar surface area (TPSA) is 63.2 Å². The minimum absolute atomic E-state index is 0.193. The largest absolute Gasteiger partial charge is 0.465 e. The van der Waals surface area contributed by atoms with E-state index >= 15 is 0 Å². The number of nitriles is 1. The highest BCUT2D eigenvalue weighted by Gasteiger charge is 2.12. The molecule has 1 aromatic carbocycles. The molecule has 20 heavy (non-hydrogen) atoms. The Morgan fingerprint density at radius 2 is 2.10 bits per heavy atom. The summed E-state index contributed by atoms with van der Waals surface area (Å²) in [5.41, 5.74) is 0.116. The normalized spacial score (nSPS) is 10.9. The molecule has 0 aliphatic carbocycles. The summed E-state index contributed by atoms with van der Waals surface area (Å²) >= 11 is 0. The van der Waals surface area contributed by atoms with Gasteiger partial charge in [0.25, 0.3) is 0 Å². The number of benzene rings is 1. The number of nitrogens with zero attached hydrogens (tertiary/aromatic N) is 1. The summed E-state index contributed by atoms with van der Waals surface area (Å²) in [4.78, 5) is 11.3. The quantitative estimate of drug-likeness (QED) is 0.488. The Labute approximate surface area is 114 Å². The van der Waals surface area contributed by atoms with E-state index in [1.165, 1.54) is 19.3 Å². The van der Waals surface area contributed by atoms with Crippen LogP contribution in [0.4, 0.5) is 4.39 Å². The van der Waals surface area contributed by atoms with E-state index in [-0.39, 0.29) is 11.3 Å². The second kappa shape index (κ2) is 5.85. The average molecular weight is 271 g/mol. The molecule has 0 saturated heterocycles. The molecule has 0 atom stereocenters. The molecule has 0 unspecified atom stereocenters. The minimum atomic E-state index is -0.753. The van der Waals surface area contributed by atoms with E-state index in [9.17, 15) is 9.18 Å². The van der Waals surface area contributed by atoms with Crippen LogP contribution in [0.5, 0.6) is 0 Å². The third-order valence-corrected chi connectivity index (χ3v) is 2.58. The van der Waals surface area contributed by atoms with E-state index in [1.54, 1.807) is 36.4 Å². The Morgan fingerprint density at radius 3 is 2.75 bits per heavy atom. The van der Waals surface area contributed by atoms with Crippen molar-refractivity contribution in [2.24, 2.45) is 0 Å². The Bertz CT molecular complexity index is 710. The summed E-state index contributed by atoms with van der Waals surface area (Å²) in [6.07, 6.45) is 1.25. The van der Waals surface area contributed by atoms with Crippen LogP contribution < -0.4 is 0 Å². The van der Waals surface area contributed by atoms with Crippen molar-refractivity contribution in [1.82, 2.24) is 0 Å². The molecule has 0 saturated carbocycles. The summed E-state index contributed by atoms with van der Waals surface area (Å²) in [6, 6.07) is 11.0. The summed E-state index contributed by atoms with van der Waals surface area (Å²) < 4.78 is 23.5. The predicted molar refractivity (Wildman–Crippen MR) is 69.7 cm³/mol. The van der Waals surface area contributed by atoms with E-state index < -0.39 is 11.8 Å². The first kappa shape index (κ1) is 13.6. The van der Waals surface area contributed by atoms with Crippen LogP contribution in [0.3, 0.4) is 0 Å². The highest BCUT2D eigenvalue weighted by Crippen LogP contribution is 2.25. The summed E-state index contributed by atoms with van der Waals surface area (Å²) in [5, 5.41) is 8.84. The van der Waals surface area contributed by atoms with Crippen LogP contribution in [0.2, 0.25) is 0 Å². The van der Waals surface area contributed by atoms with Crippen LogP contribution in [0.25, 0.3) is 17.4 Å². The first-order valence-corrected chi connectivity index (χ1v) is 5.70. The lowest BCUT2D eigenvalue weighted by atomic mass is 10.1. The number of ether oxygens (including phenoxy) is 1. The number of hydrogen-bond donors (Lipinski definition) is 0. The van der Waals surface area contributed by atoms with E-state index in [1.807, 2.05) is 0 Å². The lowest BCUT2D eigenvalue weighted by molar-refractivity contribution is -0.135. The minimum Gasteiger partial charge on any atom is -0.465 e. The highest BCUT2D eigenvalue weighted by atomic mass is 19.1. The number of methoxy groups -OCH3 is 1. The first-order chi connectivity index (χ1) is 9.65. The van der Waals surface area contributed by atoms with Gasteiger partial charge in [-0.1, -0.05) is 12.1 Å². The second-order valence-corrected chi connectivity index (χ2v) is 3.84. The maximum atomic E-state index is 13.6. The second-order valence-electron chi connectivity index (χ2n) is 3.84. The van der Waals surface area contributed by atoms with Crippen LogP contribution in [-0.2, 0) is 9.53 Å². The molecule has 100 valence electrons. The monoisotopic (exact) mass is 271 g/mol. The van der Waals surface area contributed by atoms with Crippen LogP contribution in [0.1, 0.15) is 5.76 Å². The molecule has 0 bridgehead atoms. The Hall–Kier alpha value is -2.87. The SMILES string of the molecule is COC(=O)/C(C#N)=C/c1ccc(-c2ccccc2F)o1. The van der Waals surface area contributed by atoms with Gasteiger partial charge in [0.15, 0.2) is 0 Å². The average Bonchev–Trinajstić information content (AvgIpc) is 2.92. The molecule has 0 amide bonds. The van der Waals surface area contributed by atoms with E-state index in [2.05, 4.69) is 4.74 Å². The van der Waals surface area contributed by atoms with Gasteiger partial charge in [-0.2, -0.15) is 5.26 Å². The van der Waals surface area contributed by atoms with Crippen molar-refractivity contribution >= 4 is 12.0 Å². The van der Waals surface area contributed by atoms with Gasteiger partial charge in [-0.15, -0.1) is 0 Å². The van der Waals surface area contributed by atoms with E-state index in [0.29, 0.717) is 11.3 Å². The lowest BCUT2D eigenvalue weighted by Crippen LogP contribution is -2.02. The fraction of sp³-hybridized carbons (Fsp3) is 0.0667. The van der Waals surface area contributed by atoms with Crippen LogP contribution in [0, 0.1) is 17.1 Å². The Morgan fingerprint density at radius 1 is 1.35 bits per heavy atom. The number of esters is 1. The highest BCUT2D eigenvalue weighted by molar-refractivity contribution is 5.97. The number of carbonyl (C=O) groups excluding carboxylic acids is 1. The Kier molecular flexibility index (Phi) is 3.96. The number of halogens is 1. The molecule has 2 rings (SSSR count). The van der Waals surface area contributed by atoms with Crippen molar-refractivity contribution in [3.63, 3.8) is 0 Å². The molecule has 0 aliphatic rings. The summed E-state index contributed by atoms with van der Waals surface area (Å²) in [5.74, 6) is -0.580. The maximum absolute atomic E-state index is 13.6. The van der Waals surface area contributed by atoms with Crippen LogP contribution in [0.15, 0.2) is 46.4 Å². The zero-order valence-corrected chi connectivity index (χ0v) is 10.6. The predicted octanol–water partition coefficient (Wildman–Crippen LogP) is 3.17. The van der Waals surface area contributed by atoms with Crippen molar-refractivity contribution in [3.05, 3.63) is 53.5 Å². The summed E-state index contributed by atoms with van der Waals surface area (Å²) in [6.45, 7) is 0. The third kappa shape index (κ3) is 2.75. The molecule has 2 aromatic rings. The van der Waals surface area contributed by atoms with Gasteiger partial charge in [-0.3, -0.25) is 0 Å². The van der Waals surface area contributed by atoms with Gasteiger partial charge in [0.05, 0.1) is 12.7 Å². The standard InChI is InChI=1S/C15H10FNO3/c1-19-15(18)10(9-17)8-11-6-7-14(20-11)12-4-2-3-5-13(12)16/h2-8H,1H3/b10-8+. The van der Waals surface area contributed by atoms with Gasteiger partial charge in [0, 0.05) is 6.08 Å². The molecule has 5 heteroatoms. The van der Waals surface area contributed by atoms with E-state index in [4.69, 9.17) is 9.68 Å². The molecule has 0 spiro atoms. The molecule has 0 N–H and O–H groups in total. The number of hydrogen-bond acceptors (Lipinski definition) is 4. The van der Waals surface area contributed by atoms with Crippen molar-refractivity contribution in [3.8, 4) is 17.4 Å². The zero-order chi connectivity index (χ0) is 14.5. The lowest BCUT2D eigenvalue weighted by Gasteiger charge is -1.98. The molecule has 0 fully saturated rings. The number of rotatable bonds is 3. The molecule has 4 nitrogen and oxygen atoms in total. The zero-order valence-electron chi connectivity index (χ0n) is 10.6. The number of carbonyl (C=O) groups is 1. The first-order valence-electron chi connectivity index (χ1n) is 5.70. The van der Waals surface area contributed by atoms with Crippen molar-refractivity contribution in [2.75, 3.05) is 7.11 Å². The van der Waals surface area contributed by atoms with Crippen LogP contribution >= 0.6 is 0 Å². The van der Waals surface area contributed by atoms with Crippen molar-refractivity contribution in [2.45, 2.75) is 0 Å². The fourth-order valence-electron chi connectivity index (χ4n) is 1.63. The van der Waals surface area contributed by atoms with Crippen molar-refractivity contribution in [1.29, 1.82) is 5.26 Å². The molecule has 0 aliphatic heterocycles. The van der Waals surface area contributed by atoms with Crippen molar-refractivity contribution < 1.29 is 18.3 Å². The van der Waals surface area contributed by atoms with Crippen LogP contribution in [-0.4, -0.2) is 13.1 Å². The fourth-order valence-corrected chi connectivity index (χ4v) is 1.63. The van der Waals surface area contributed by atoms with Gasteiger partial charge < -0.3 is 9.15 Å². The third-order valence-electron chi connectivity index (χ3n) is 2.58. The van der Waals surface area contributed by atoms with Gasteiger partial charge in [-0.05, 0) is 24.3 Å². The molecular formula is C15H10FNO3. The van der Waals surface area contributed by atoms with Gasteiger partial charge in [0.1, 0.15) is 29.0 Å². The van der Waals surface area contributed by atoms with Gasteiger partial charge in [-0.25, -0.2) is 9.18 Å². The van der Waals surface area contributed by atoms with Gasteiger partial charge in [0.2, 0.25) is 0 Å². The maximum Gasteiger partial charge on any atom is 0.348 e. The number of furan rings is 1. The van der Waals surface area contributed by atoms with E-state index in [0.717, 1.165) is 0 Å². The summed E-state index contributed by atoms with van der Waals surface area (Å²) in [7, 11) is 1.18. The molecule has 0 radical (unpaired) electrons.